The Morgan fingerprint density at radius 1 is 1.31 bits per heavy atom. The van der Waals surface area contributed by atoms with Gasteiger partial charge in [-0.05, 0) is 37.0 Å². The molecule has 0 spiro atoms. The fraction of sp³-hybridized carbons (Fsp3) is 0.333. The smallest absolute Gasteiger partial charge is 0.0979 e. The summed E-state index contributed by atoms with van der Waals surface area (Å²) in [6.45, 7) is 4.12. The second-order valence-electron chi connectivity index (χ2n) is 3.78. The van der Waals surface area contributed by atoms with Gasteiger partial charge in [0.05, 0.1) is 6.10 Å². The van der Waals surface area contributed by atoms with Gasteiger partial charge in [-0.15, -0.1) is 0 Å². The minimum atomic E-state index is -0.398. The lowest BCUT2D eigenvalue weighted by molar-refractivity contribution is 0.223. The predicted octanol–water partition coefficient (Wildman–Crippen LogP) is 2.53. The Labute approximate surface area is 78.7 Å². The van der Waals surface area contributed by atoms with Crippen molar-refractivity contribution in [2.45, 2.75) is 26.4 Å². The van der Waals surface area contributed by atoms with Gasteiger partial charge in [0.15, 0.2) is 0 Å². The van der Waals surface area contributed by atoms with Gasteiger partial charge < -0.3 is 5.11 Å². The molecule has 1 nitrogen and oxygen atoms in total. The molecule has 1 atom stereocenters. The van der Waals surface area contributed by atoms with E-state index in [1.807, 2.05) is 6.08 Å². The second kappa shape index (κ2) is 3.00. The summed E-state index contributed by atoms with van der Waals surface area (Å²) >= 11 is 0. The van der Waals surface area contributed by atoms with E-state index < -0.39 is 6.10 Å². The highest BCUT2D eigenvalue weighted by molar-refractivity contribution is 5.43. The fourth-order valence-electron chi connectivity index (χ4n) is 2.03. The maximum absolute atomic E-state index is 9.84. The van der Waals surface area contributed by atoms with Crippen molar-refractivity contribution < 1.29 is 5.11 Å². The van der Waals surface area contributed by atoms with E-state index in [-0.39, 0.29) is 0 Å². The molecule has 2 rings (SSSR count). The molecule has 0 saturated heterocycles. The average Bonchev–Trinajstić information content (AvgIpc) is 2.02. The minimum Gasteiger partial charge on any atom is -0.384 e. The Morgan fingerprint density at radius 3 is 2.85 bits per heavy atom. The highest BCUT2D eigenvalue weighted by atomic mass is 16.3. The molecule has 0 radical (unpaired) electrons. The molecule has 0 fully saturated rings. The molecule has 0 amide bonds. The maximum atomic E-state index is 9.84. The number of rotatable bonds is 0. The number of aliphatic hydroxyl groups is 1. The van der Waals surface area contributed by atoms with E-state index in [1.165, 1.54) is 16.7 Å². The molecule has 1 heteroatoms. The van der Waals surface area contributed by atoms with E-state index in [4.69, 9.17) is 0 Å². The molecule has 0 unspecified atom stereocenters. The molecule has 0 bridgehead atoms. The Kier molecular flexibility index (Phi) is 1.97. The summed E-state index contributed by atoms with van der Waals surface area (Å²) < 4.78 is 0. The van der Waals surface area contributed by atoms with Gasteiger partial charge in [-0.2, -0.15) is 0 Å². The first-order chi connectivity index (χ1) is 6.18. The van der Waals surface area contributed by atoms with Crippen LogP contribution >= 0.6 is 0 Å². The highest BCUT2D eigenvalue weighted by Crippen LogP contribution is 2.30. The van der Waals surface area contributed by atoms with Crippen LogP contribution in [0.4, 0.5) is 0 Å². The van der Waals surface area contributed by atoms with Crippen molar-refractivity contribution in [3.63, 3.8) is 0 Å². The molecule has 0 aliphatic heterocycles. The van der Waals surface area contributed by atoms with Crippen molar-refractivity contribution in [3.8, 4) is 0 Å². The Bertz CT molecular complexity index is 363. The van der Waals surface area contributed by atoms with E-state index in [1.54, 1.807) is 0 Å². The van der Waals surface area contributed by atoms with Gasteiger partial charge in [0.2, 0.25) is 0 Å². The van der Waals surface area contributed by atoms with Crippen molar-refractivity contribution in [3.05, 3.63) is 46.5 Å². The van der Waals surface area contributed by atoms with Crippen molar-refractivity contribution in [1.29, 1.82) is 0 Å². The van der Waals surface area contributed by atoms with Crippen LogP contribution in [-0.2, 0) is 6.42 Å². The summed E-state index contributed by atoms with van der Waals surface area (Å²) in [4.78, 5) is 0. The van der Waals surface area contributed by atoms with Crippen molar-refractivity contribution in [1.82, 2.24) is 0 Å². The first-order valence-corrected chi connectivity index (χ1v) is 4.62. The Hall–Kier alpha value is -1.08. The van der Waals surface area contributed by atoms with Crippen LogP contribution in [0.2, 0.25) is 0 Å². The van der Waals surface area contributed by atoms with Gasteiger partial charge in [0, 0.05) is 0 Å². The monoisotopic (exact) mass is 174 g/mol. The van der Waals surface area contributed by atoms with Crippen LogP contribution in [0.15, 0.2) is 29.8 Å². The molecule has 0 heterocycles. The summed E-state index contributed by atoms with van der Waals surface area (Å²) in [6, 6.07) is 6.21. The van der Waals surface area contributed by atoms with E-state index in [2.05, 4.69) is 32.0 Å². The van der Waals surface area contributed by atoms with E-state index in [9.17, 15) is 5.11 Å². The van der Waals surface area contributed by atoms with Crippen molar-refractivity contribution in [2.24, 2.45) is 0 Å². The molecule has 1 aromatic carbocycles. The molecular formula is C12H14O. The Morgan fingerprint density at radius 2 is 2.08 bits per heavy atom. The van der Waals surface area contributed by atoms with E-state index in [0.717, 1.165) is 12.0 Å². The van der Waals surface area contributed by atoms with Crippen molar-refractivity contribution in [2.75, 3.05) is 0 Å². The molecule has 1 N–H and O–H groups in total. The third-order valence-corrected chi connectivity index (χ3v) is 2.62. The number of benzene rings is 1. The topological polar surface area (TPSA) is 20.2 Å². The lowest BCUT2D eigenvalue weighted by Gasteiger charge is -2.21. The van der Waals surface area contributed by atoms with Crippen LogP contribution < -0.4 is 0 Å². The fourth-order valence-corrected chi connectivity index (χ4v) is 2.03. The third kappa shape index (κ3) is 1.40. The zero-order valence-corrected chi connectivity index (χ0v) is 8.04. The Balaban J connectivity index is 2.56. The molecule has 1 aliphatic rings. The molecule has 68 valence electrons. The van der Waals surface area contributed by atoms with Gasteiger partial charge in [-0.1, -0.05) is 29.8 Å². The SMILES string of the molecule is CC1=C[C@@H](O)c2c(C)cccc2C1. The quantitative estimate of drug-likeness (QED) is 0.599. The number of aryl methyl sites for hydroxylation is 1. The largest absolute Gasteiger partial charge is 0.384 e. The van der Waals surface area contributed by atoms with Crippen LogP contribution in [0.25, 0.3) is 0 Å². The lowest BCUT2D eigenvalue weighted by Crippen LogP contribution is -2.08. The molecule has 0 saturated carbocycles. The first-order valence-electron chi connectivity index (χ1n) is 4.62. The van der Waals surface area contributed by atoms with Crippen LogP contribution in [0.1, 0.15) is 29.7 Å². The van der Waals surface area contributed by atoms with E-state index >= 15 is 0 Å². The molecule has 1 aromatic rings. The number of fused-ring (bicyclic) bond motifs is 1. The molecular weight excluding hydrogens is 160 g/mol. The van der Waals surface area contributed by atoms with E-state index in [0.29, 0.717) is 0 Å². The normalized spacial score (nSPS) is 20.8. The number of allylic oxidation sites excluding steroid dienone is 1. The summed E-state index contributed by atoms with van der Waals surface area (Å²) in [5.41, 5.74) is 4.82. The maximum Gasteiger partial charge on any atom is 0.0979 e. The lowest BCUT2D eigenvalue weighted by atomic mass is 9.88. The molecule has 13 heavy (non-hydrogen) atoms. The van der Waals surface area contributed by atoms with Gasteiger partial charge in [0.25, 0.3) is 0 Å². The summed E-state index contributed by atoms with van der Waals surface area (Å²) in [6.07, 6.45) is 2.52. The first kappa shape index (κ1) is 8.52. The van der Waals surface area contributed by atoms with Crippen LogP contribution in [-0.4, -0.2) is 5.11 Å². The summed E-state index contributed by atoms with van der Waals surface area (Å²) in [7, 11) is 0. The standard InChI is InChI=1S/C12H14O/c1-8-6-10-5-3-4-9(2)12(10)11(13)7-8/h3-5,7,11,13H,6H2,1-2H3/t11-/m1/s1. The molecule has 1 aliphatic carbocycles. The predicted molar refractivity (Wildman–Crippen MR) is 53.6 cm³/mol. The minimum absolute atomic E-state index is 0.398. The van der Waals surface area contributed by atoms with Crippen LogP contribution in [0.5, 0.6) is 0 Å². The van der Waals surface area contributed by atoms with Gasteiger partial charge in [-0.25, -0.2) is 0 Å². The van der Waals surface area contributed by atoms with Crippen LogP contribution in [0, 0.1) is 6.92 Å². The summed E-state index contributed by atoms with van der Waals surface area (Å²) in [5, 5.41) is 9.84. The average molecular weight is 174 g/mol. The van der Waals surface area contributed by atoms with Gasteiger partial charge in [0.1, 0.15) is 0 Å². The second-order valence-corrected chi connectivity index (χ2v) is 3.78. The van der Waals surface area contributed by atoms with Gasteiger partial charge >= 0.3 is 0 Å². The number of hydrogen-bond donors (Lipinski definition) is 1. The number of aliphatic hydroxyl groups excluding tert-OH is 1. The highest BCUT2D eigenvalue weighted by Gasteiger charge is 2.17. The zero-order chi connectivity index (χ0) is 9.42. The van der Waals surface area contributed by atoms with Crippen molar-refractivity contribution >= 4 is 0 Å². The van der Waals surface area contributed by atoms with Crippen LogP contribution in [0.3, 0.4) is 0 Å². The molecule has 0 aromatic heterocycles. The zero-order valence-electron chi connectivity index (χ0n) is 8.04. The summed E-state index contributed by atoms with van der Waals surface area (Å²) in [5.74, 6) is 0. The number of hydrogen-bond acceptors (Lipinski definition) is 1. The van der Waals surface area contributed by atoms with Gasteiger partial charge in [-0.3, -0.25) is 0 Å². The third-order valence-electron chi connectivity index (χ3n) is 2.62.